The first-order chi connectivity index (χ1) is 13.4. The first-order valence-corrected chi connectivity index (χ1v) is 10.5. The lowest BCUT2D eigenvalue weighted by atomic mass is 10.2. The van der Waals surface area contributed by atoms with Crippen molar-refractivity contribution in [1.29, 1.82) is 0 Å². The zero-order valence-corrected chi connectivity index (χ0v) is 18.7. The lowest BCUT2D eigenvalue weighted by molar-refractivity contribution is -0.906. The maximum absolute atomic E-state index is 5.41. The highest BCUT2D eigenvalue weighted by Crippen LogP contribution is 2.03. The Morgan fingerprint density at radius 1 is 0.679 bits per heavy atom. The van der Waals surface area contributed by atoms with Gasteiger partial charge in [0, 0.05) is 0 Å². The Bertz CT molecular complexity index is 538. The molecule has 1 aromatic carbocycles. The van der Waals surface area contributed by atoms with E-state index in [-0.39, 0.29) is 0 Å². The average molecular weight is 393 g/mol. The van der Waals surface area contributed by atoms with Crippen molar-refractivity contribution in [3.05, 3.63) is 35.4 Å². The molecule has 0 unspecified atom stereocenters. The second-order valence-corrected chi connectivity index (χ2v) is 7.75. The molecule has 1 aromatic rings. The molecule has 0 heterocycles. The number of likely N-dealkylation sites (N-methyl/N-ethyl adjacent to an activating group) is 2. The average Bonchev–Trinajstić information content (AvgIpc) is 2.73. The first kappa shape index (κ1) is 24.1. The minimum atomic E-state index is 0.630. The monoisotopic (exact) mass is 392 g/mol. The van der Waals surface area contributed by atoms with E-state index in [9.17, 15) is 0 Å². The normalized spacial score (nSPS) is 12.8. The van der Waals surface area contributed by atoms with Crippen LogP contribution in [0.2, 0.25) is 0 Å². The highest BCUT2D eigenvalue weighted by molar-refractivity contribution is 5.83. The molecule has 0 aliphatic rings. The molecule has 6 heteroatoms. The number of rotatable bonds is 14. The molecule has 0 radical (unpaired) electrons. The van der Waals surface area contributed by atoms with Gasteiger partial charge in [-0.15, -0.1) is 0 Å². The van der Waals surface area contributed by atoms with Gasteiger partial charge >= 0.3 is 0 Å². The van der Waals surface area contributed by atoms with Crippen molar-refractivity contribution in [1.82, 2.24) is 0 Å². The van der Waals surface area contributed by atoms with Crippen molar-refractivity contribution in [3.8, 4) is 0 Å². The third-order valence-electron chi connectivity index (χ3n) is 5.99. The van der Waals surface area contributed by atoms with Crippen LogP contribution in [-0.2, 0) is 9.68 Å². The topological polar surface area (TPSA) is 43.2 Å². The third-order valence-corrected chi connectivity index (χ3v) is 5.99. The summed E-state index contributed by atoms with van der Waals surface area (Å²) in [5.41, 5.74) is 2.00. The first-order valence-electron chi connectivity index (χ1n) is 10.5. The molecule has 0 amide bonds. The highest BCUT2D eigenvalue weighted by atomic mass is 16.6. The minimum Gasteiger partial charge on any atom is -0.390 e. The molecule has 0 atom stereocenters. The van der Waals surface area contributed by atoms with E-state index in [1.807, 2.05) is 24.3 Å². The van der Waals surface area contributed by atoms with E-state index in [2.05, 4.69) is 52.1 Å². The van der Waals surface area contributed by atoms with Crippen molar-refractivity contribution < 1.29 is 18.6 Å². The largest absolute Gasteiger partial charge is 0.390 e. The van der Waals surface area contributed by atoms with Gasteiger partial charge in [0.2, 0.25) is 0 Å². The number of nitrogens with zero attached hydrogens (tertiary/aromatic N) is 4. The molecule has 0 aliphatic heterocycles. The number of quaternary nitrogens is 2. The summed E-state index contributed by atoms with van der Waals surface area (Å²) in [4.78, 5) is 10.8. The van der Waals surface area contributed by atoms with E-state index in [0.717, 1.165) is 59.4 Å². The number of benzene rings is 1. The summed E-state index contributed by atoms with van der Waals surface area (Å²) in [7, 11) is 4.48. The Balaban J connectivity index is 2.35. The van der Waals surface area contributed by atoms with E-state index < -0.39 is 0 Å². The number of hydrogen-bond acceptors (Lipinski definition) is 4. The molecule has 0 aliphatic carbocycles. The van der Waals surface area contributed by atoms with Crippen LogP contribution in [0, 0.1) is 0 Å². The maximum Gasteiger partial charge on any atom is 0.165 e. The van der Waals surface area contributed by atoms with Gasteiger partial charge in [0.1, 0.15) is 13.1 Å². The van der Waals surface area contributed by atoms with Crippen LogP contribution in [0.4, 0.5) is 0 Å². The third kappa shape index (κ3) is 8.85. The minimum absolute atomic E-state index is 0.630. The fourth-order valence-electron chi connectivity index (χ4n) is 2.57. The van der Waals surface area contributed by atoms with Crippen LogP contribution in [0.3, 0.4) is 0 Å². The summed E-state index contributed by atoms with van der Waals surface area (Å²) in [6, 6.07) is 7.98. The smallest absolute Gasteiger partial charge is 0.165 e. The summed E-state index contributed by atoms with van der Waals surface area (Å²) >= 11 is 0. The Labute approximate surface area is 171 Å². The molecule has 0 saturated carbocycles. The second-order valence-electron chi connectivity index (χ2n) is 7.75. The summed E-state index contributed by atoms with van der Waals surface area (Å²) in [5.74, 6) is 0. The molecule has 0 saturated heterocycles. The number of oxime groups is 2. The van der Waals surface area contributed by atoms with Crippen molar-refractivity contribution >= 4 is 12.4 Å². The van der Waals surface area contributed by atoms with E-state index in [1.165, 1.54) is 0 Å². The fourth-order valence-corrected chi connectivity index (χ4v) is 2.57. The Morgan fingerprint density at radius 2 is 1.00 bits per heavy atom. The van der Waals surface area contributed by atoms with Crippen LogP contribution >= 0.6 is 0 Å². The molecule has 158 valence electrons. The lowest BCUT2D eigenvalue weighted by Crippen LogP contribution is -2.45. The van der Waals surface area contributed by atoms with Gasteiger partial charge in [0.15, 0.2) is 13.2 Å². The molecule has 0 bridgehead atoms. The Hall–Kier alpha value is -1.92. The van der Waals surface area contributed by atoms with Gasteiger partial charge < -0.3 is 18.6 Å². The predicted molar refractivity (Wildman–Crippen MR) is 118 cm³/mol. The van der Waals surface area contributed by atoms with E-state index in [0.29, 0.717) is 13.2 Å². The lowest BCUT2D eigenvalue weighted by Gasteiger charge is -2.31. The Morgan fingerprint density at radius 3 is 1.29 bits per heavy atom. The van der Waals surface area contributed by atoms with Crippen LogP contribution in [-0.4, -0.2) is 88.0 Å². The molecule has 0 aromatic heterocycles. The van der Waals surface area contributed by atoms with E-state index >= 15 is 0 Å². The zero-order valence-electron chi connectivity index (χ0n) is 18.7. The fraction of sp³-hybridized carbons (Fsp3) is 0.636. The van der Waals surface area contributed by atoms with Crippen LogP contribution in [0.5, 0.6) is 0 Å². The Kier molecular flexibility index (Phi) is 10.8. The second kappa shape index (κ2) is 12.5. The summed E-state index contributed by atoms with van der Waals surface area (Å²) in [6.45, 7) is 16.4. The molecular weight excluding hydrogens is 352 g/mol. The quantitative estimate of drug-likeness (QED) is 0.211. The summed E-state index contributed by atoms with van der Waals surface area (Å²) in [5, 5.41) is 8.15. The molecule has 1 rings (SSSR count). The van der Waals surface area contributed by atoms with Crippen molar-refractivity contribution in [2.75, 3.05) is 66.6 Å². The van der Waals surface area contributed by atoms with E-state index in [1.54, 1.807) is 12.4 Å². The molecule has 0 spiro atoms. The predicted octanol–water partition coefficient (Wildman–Crippen LogP) is 3.36. The standard InChI is InChI=1S/C22H40N4O2/c1-7-25(5,8-2)15-17-27-23-19-21-11-13-22(14-12-21)20-24-28-18-16-26(6,9-3)10-4/h11-14,19-20H,7-10,15-18H2,1-6H3/q+2/b23-19-,24-20-. The van der Waals surface area contributed by atoms with Gasteiger partial charge in [-0.2, -0.15) is 0 Å². The summed E-state index contributed by atoms with van der Waals surface area (Å²) in [6.07, 6.45) is 3.49. The molecule has 0 fully saturated rings. The SMILES string of the molecule is CC[N+](C)(CC)CCO/N=C\c1ccc(/C=N\OCC[N+](C)(CC)CC)cc1. The van der Waals surface area contributed by atoms with Crippen LogP contribution in [0.15, 0.2) is 34.6 Å². The van der Waals surface area contributed by atoms with Gasteiger partial charge in [-0.05, 0) is 38.8 Å². The molecular formula is C22H40N4O2+2. The van der Waals surface area contributed by atoms with Gasteiger partial charge in [0.25, 0.3) is 0 Å². The van der Waals surface area contributed by atoms with Crippen molar-refractivity contribution in [3.63, 3.8) is 0 Å². The highest BCUT2D eigenvalue weighted by Gasteiger charge is 2.16. The van der Waals surface area contributed by atoms with Crippen LogP contribution < -0.4 is 0 Å². The van der Waals surface area contributed by atoms with Gasteiger partial charge in [-0.1, -0.05) is 34.6 Å². The van der Waals surface area contributed by atoms with Crippen molar-refractivity contribution in [2.45, 2.75) is 27.7 Å². The van der Waals surface area contributed by atoms with E-state index in [4.69, 9.17) is 9.68 Å². The zero-order chi connectivity index (χ0) is 20.9. The molecule has 0 N–H and O–H groups in total. The van der Waals surface area contributed by atoms with Gasteiger partial charge in [-0.3, -0.25) is 0 Å². The maximum atomic E-state index is 5.41. The summed E-state index contributed by atoms with van der Waals surface area (Å²) < 4.78 is 2.00. The van der Waals surface area contributed by atoms with Crippen molar-refractivity contribution in [2.24, 2.45) is 10.3 Å². The van der Waals surface area contributed by atoms with Gasteiger partial charge in [0.05, 0.1) is 52.7 Å². The molecule has 6 nitrogen and oxygen atoms in total. The van der Waals surface area contributed by atoms with Crippen LogP contribution in [0.1, 0.15) is 38.8 Å². The molecule has 28 heavy (non-hydrogen) atoms. The number of hydrogen-bond donors (Lipinski definition) is 0. The van der Waals surface area contributed by atoms with Gasteiger partial charge in [-0.25, -0.2) is 0 Å². The van der Waals surface area contributed by atoms with Crippen LogP contribution in [0.25, 0.3) is 0 Å².